The van der Waals surface area contributed by atoms with Gasteiger partial charge in [-0.15, -0.1) is 0 Å². The summed E-state index contributed by atoms with van der Waals surface area (Å²) in [6.45, 7) is 3.54. The van der Waals surface area contributed by atoms with Gasteiger partial charge in [0, 0.05) is 6.04 Å². The van der Waals surface area contributed by atoms with Crippen LogP contribution in [0.25, 0.3) is 0 Å². The minimum absolute atomic E-state index is 0.401. The Labute approximate surface area is 98.2 Å². The van der Waals surface area contributed by atoms with E-state index >= 15 is 0 Å². The lowest BCUT2D eigenvalue weighted by molar-refractivity contribution is 0.305. The van der Waals surface area contributed by atoms with Crippen LogP contribution in [0.5, 0.6) is 5.75 Å². The molecule has 1 unspecified atom stereocenters. The zero-order valence-electron chi connectivity index (χ0n) is 10.4. The molecular weight excluding hydrogens is 200 g/mol. The van der Waals surface area contributed by atoms with Gasteiger partial charge in [-0.3, -0.25) is 0 Å². The molecular formula is C13H22N2O. The lowest BCUT2D eigenvalue weighted by Gasteiger charge is -2.20. The Balaban J connectivity index is 2.63. The topological polar surface area (TPSA) is 38.5 Å². The molecule has 0 aliphatic rings. The zero-order chi connectivity index (χ0) is 12.0. The van der Waals surface area contributed by atoms with Gasteiger partial charge in [0.2, 0.25) is 0 Å². The molecule has 0 aliphatic heterocycles. The molecule has 0 aromatic heterocycles. The molecule has 2 N–H and O–H groups in total. The predicted octanol–water partition coefficient (Wildman–Crippen LogP) is 2.04. The summed E-state index contributed by atoms with van der Waals surface area (Å²) in [5, 5.41) is 0. The van der Waals surface area contributed by atoms with Gasteiger partial charge in [-0.05, 0) is 51.7 Å². The molecule has 0 amide bonds. The standard InChI is InChI=1S/C13H22N2O/c1-11(15(2)3)12-6-4-7-13(10-12)16-9-5-8-14/h4,6-7,10-11H,5,8-9,14H2,1-3H3. The molecule has 0 heterocycles. The first-order chi connectivity index (χ1) is 7.65. The number of hydrogen-bond donors (Lipinski definition) is 1. The highest BCUT2D eigenvalue weighted by molar-refractivity contribution is 5.30. The van der Waals surface area contributed by atoms with Crippen LogP contribution in [-0.4, -0.2) is 32.1 Å². The van der Waals surface area contributed by atoms with E-state index in [1.165, 1.54) is 5.56 Å². The summed E-state index contributed by atoms with van der Waals surface area (Å²) in [5.41, 5.74) is 6.70. The summed E-state index contributed by atoms with van der Waals surface area (Å²) in [7, 11) is 4.15. The van der Waals surface area contributed by atoms with E-state index in [0.717, 1.165) is 12.2 Å². The molecule has 16 heavy (non-hydrogen) atoms. The van der Waals surface area contributed by atoms with E-state index in [4.69, 9.17) is 10.5 Å². The number of rotatable bonds is 6. The van der Waals surface area contributed by atoms with Gasteiger partial charge >= 0.3 is 0 Å². The van der Waals surface area contributed by atoms with Crippen molar-refractivity contribution < 1.29 is 4.74 Å². The van der Waals surface area contributed by atoms with Gasteiger partial charge < -0.3 is 15.4 Å². The first-order valence-corrected chi connectivity index (χ1v) is 5.74. The Morgan fingerprint density at radius 3 is 2.75 bits per heavy atom. The molecule has 0 fully saturated rings. The van der Waals surface area contributed by atoms with Gasteiger partial charge in [-0.2, -0.15) is 0 Å². The number of hydrogen-bond acceptors (Lipinski definition) is 3. The average Bonchev–Trinajstić information content (AvgIpc) is 2.29. The fraction of sp³-hybridized carbons (Fsp3) is 0.538. The van der Waals surface area contributed by atoms with Crippen LogP contribution in [0.3, 0.4) is 0 Å². The number of ether oxygens (including phenoxy) is 1. The third-order valence-electron chi connectivity index (χ3n) is 2.73. The van der Waals surface area contributed by atoms with E-state index in [2.05, 4.69) is 38.1 Å². The first kappa shape index (κ1) is 13.0. The summed E-state index contributed by atoms with van der Waals surface area (Å²) in [4.78, 5) is 2.18. The van der Waals surface area contributed by atoms with Crippen LogP contribution in [0, 0.1) is 0 Å². The molecule has 1 aromatic rings. The van der Waals surface area contributed by atoms with Gasteiger partial charge in [0.25, 0.3) is 0 Å². The maximum absolute atomic E-state index is 5.62. The Kier molecular flexibility index (Phi) is 5.29. The van der Waals surface area contributed by atoms with Crippen LogP contribution in [0.4, 0.5) is 0 Å². The van der Waals surface area contributed by atoms with Gasteiger partial charge in [0.1, 0.15) is 5.75 Å². The highest BCUT2D eigenvalue weighted by Gasteiger charge is 2.08. The highest BCUT2D eigenvalue weighted by atomic mass is 16.5. The van der Waals surface area contributed by atoms with E-state index in [1.807, 2.05) is 12.1 Å². The SMILES string of the molecule is CC(c1cccc(OCCCN)c1)N(C)C. The number of benzene rings is 1. The van der Waals surface area contributed by atoms with Crippen LogP contribution in [0.1, 0.15) is 24.9 Å². The van der Waals surface area contributed by atoms with E-state index in [-0.39, 0.29) is 0 Å². The highest BCUT2D eigenvalue weighted by Crippen LogP contribution is 2.21. The van der Waals surface area contributed by atoms with Gasteiger partial charge in [0.15, 0.2) is 0 Å². The second kappa shape index (κ2) is 6.51. The van der Waals surface area contributed by atoms with Crippen molar-refractivity contribution in [2.45, 2.75) is 19.4 Å². The van der Waals surface area contributed by atoms with Gasteiger partial charge in [0.05, 0.1) is 6.61 Å². The van der Waals surface area contributed by atoms with Crippen LogP contribution in [0.2, 0.25) is 0 Å². The van der Waals surface area contributed by atoms with Crippen molar-refractivity contribution in [2.75, 3.05) is 27.2 Å². The molecule has 0 aliphatic carbocycles. The molecule has 0 bridgehead atoms. The minimum atomic E-state index is 0.401. The maximum Gasteiger partial charge on any atom is 0.119 e. The van der Waals surface area contributed by atoms with Crippen LogP contribution < -0.4 is 10.5 Å². The maximum atomic E-state index is 5.62. The smallest absolute Gasteiger partial charge is 0.119 e. The monoisotopic (exact) mass is 222 g/mol. The Hall–Kier alpha value is -1.06. The molecule has 0 saturated carbocycles. The first-order valence-electron chi connectivity index (χ1n) is 5.74. The van der Waals surface area contributed by atoms with Crippen molar-refractivity contribution in [1.29, 1.82) is 0 Å². The third-order valence-corrected chi connectivity index (χ3v) is 2.73. The largest absolute Gasteiger partial charge is 0.494 e. The van der Waals surface area contributed by atoms with E-state index in [1.54, 1.807) is 0 Å². The molecule has 0 spiro atoms. The minimum Gasteiger partial charge on any atom is -0.494 e. The summed E-state index contributed by atoms with van der Waals surface area (Å²) < 4.78 is 5.62. The molecule has 1 atom stereocenters. The summed E-state index contributed by atoms with van der Waals surface area (Å²) in [5.74, 6) is 0.930. The van der Waals surface area contributed by atoms with Gasteiger partial charge in [-0.1, -0.05) is 12.1 Å². The van der Waals surface area contributed by atoms with E-state index < -0.39 is 0 Å². The van der Waals surface area contributed by atoms with E-state index in [9.17, 15) is 0 Å². The summed E-state index contributed by atoms with van der Waals surface area (Å²) in [6.07, 6.45) is 0.896. The zero-order valence-corrected chi connectivity index (χ0v) is 10.4. The van der Waals surface area contributed by atoms with Crippen molar-refractivity contribution >= 4 is 0 Å². The van der Waals surface area contributed by atoms with Crippen molar-refractivity contribution in [3.05, 3.63) is 29.8 Å². The Morgan fingerprint density at radius 2 is 2.12 bits per heavy atom. The second-order valence-electron chi connectivity index (χ2n) is 4.20. The summed E-state index contributed by atoms with van der Waals surface area (Å²) in [6, 6.07) is 8.65. The van der Waals surface area contributed by atoms with Gasteiger partial charge in [-0.25, -0.2) is 0 Å². The fourth-order valence-corrected chi connectivity index (χ4v) is 1.44. The molecule has 3 nitrogen and oxygen atoms in total. The van der Waals surface area contributed by atoms with Crippen LogP contribution in [0.15, 0.2) is 24.3 Å². The molecule has 0 saturated heterocycles. The summed E-state index contributed by atoms with van der Waals surface area (Å²) >= 11 is 0. The lowest BCUT2D eigenvalue weighted by atomic mass is 10.1. The van der Waals surface area contributed by atoms with Crippen LogP contribution >= 0.6 is 0 Å². The van der Waals surface area contributed by atoms with Crippen molar-refractivity contribution in [3.63, 3.8) is 0 Å². The molecule has 0 radical (unpaired) electrons. The Bertz CT molecular complexity index is 313. The fourth-order valence-electron chi connectivity index (χ4n) is 1.44. The molecule has 1 aromatic carbocycles. The number of nitrogens with two attached hydrogens (primary N) is 1. The number of nitrogens with zero attached hydrogens (tertiary/aromatic N) is 1. The Morgan fingerprint density at radius 1 is 1.38 bits per heavy atom. The third kappa shape index (κ3) is 3.83. The molecule has 90 valence electrons. The average molecular weight is 222 g/mol. The van der Waals surface area contributed by atoms with Crippen LogP contribution in [-0.2, 0) is 0 Å². The quantitative estimate of drug-likeness (QED) is 0.749. The van der Waals surface area contributed by atoms with Crippen molar-refractivity contribution in [2.24, 2.45) is 5.73 Å². The molecule has 1 rings (SSSR count). The van der Waals surface area contributed by atoms with Crippen molar-refractivity contribution in [3.8, 4) is 5.75 Å². The second-order valence-corrected chi connectivity index (χ2v) is 4.20. The van der Waals surface area contributed by atoms with E-state index in [0.29, 0.717) is 19.2 Å². The normalized spacial score (nSPS) is 12.8. The van der Waals surface area contributed by atoms with Crippen molar-refractivity contribution in [1.82, 2.24) is 4.90 Å². The molecule has 3 heteroatoms. The predicted molar refractivity (Wildman–Crippen MR) is 67.7 cm³/mol. The lowest BCUT2D eigenvalue weighted by Crippen LogP contribution is -2.16.